The van der Waals surface area contributed by atoms with Gasteiger partial charge < -0.3 is 9.64 Å². The fourth-order valence-electron chi connectivity index (χ4n) is 2.19. The number of nitrogens with zero attached hydrogens (tertiary/aromatic N) is 2. The maximum absolute atomic E-state index is 11.5. The SMILES string of the molecule is COc1sc(CN(C)CCN2CCCC2=O)cc1Br. The molecule has 2 heterocycles. The molecule has 106 valence electrons. The van der Waals surface area contributed by atoms with Crippen LogP contribution in [0.4, 0.5) is 0 Å². The van der Waals surface area contributed by atoms with Crippen LogP contribution in [0.25, 0.3) is 0 Å². The molecule has 1 fully saturated rings. The molecule has 19 heavy (non-hydrogen) atoms. The predicted octanol–water partition coefficient (Wildman–Crippen LogP) is 2.57. The first-order valence-corrected chi connectivity index (χ1v) is 7.99. The standard InChI is InChI=1S/C13H19BrN2O2S/c1-15(6-7-16-5-3-4-12(16)17)9-10-8-11(14)13(18-2)19-10/h8H,3-7,9H2,1-2H3. The van der Waals surface area contributed by atoms with E-state index in [1.807, 2.05) is 4.90 Å². The zero-order valence-electron chi connectivity index (χ0n) is 11.3. The van der Waals surface area contributed by atoms with Crippen LogP contribution in [-0.4, -0.2) is 49.5 Å². The van der Waals surface area contributed by atoms with Crippen LogP contribution in [-0.2, 0) is 11.3 Å². The quantitative estimate of drug-likeness (QED) is 0.793. The fraction of sp³-hybridized carbons (Fsp3) is 0.615. The minimum atomic E-state index is 0.300. The van der Waals surface area contributed by atoms with Gasteiger partial charge in [-0.25, -0.2) is 0 Å². The zero-order valence-corrected chi connectivity index (χ0v) is 13.7. The number of ether oxygens (including phenoxy) is 1. The molecule has 1 amide bonds. The number of carbonyl (C=O) groups is 1. The lowest BCUT2D eigenvalue weighted by Gasteiger charge is -2.21. The van der Waals surface area contributed by atoms with Crippen LogP contribution in [0, 0.1) is 0 Å². The molecule has 2 rings (SSSR count). The number of hydrogen-bond acceptors (Lipinski definition) is 4. The van der Waals surface area contributed by atoms with Gasteiger partial charge in [-0.05, 0) is 35.5 Å². The molecule has 0 saturated carbocycles. The van der Waals surface area contributed by atoms with E-state index in [1.165, 1.54) is 4.88 Å². The van der Waals surface area contributed by atoms with E-state index in [9.17, 15) is 4.79 Å². The Hall–Kier alpha value is -0.590. The van der Waals surface area contributed by atoms with Crippen LogP contribution in [0.15, 0.2) is 10.5 Å². The molecule has 6 heteroatoms. The number of carbonyl (C=O) groups excluding carboxylic acids is 1. The van der Waals surface area contributed by atoms with E-state index in [0.29, 0.717) is 5.91 Å². The minimum Gasteiger partial charge on any atom is -0.486 e. The summed E-state index contributed by atoms with van der Waals surface area (Å²) >= 11 is 5.14. The maximum atomic E-state index is 11.5. The third-order valence-corrected chi connectivity index (χ3v) is 5.17. The molecule has 1 saturated heterocycles. The number of likely N-dealkylation sites (N-methyl/N-ethyl adjacent to an activating group) is 1. The lowest BCUT2D eigenvalue weighted by Crippen LogP contribution is -2.33. The van der Waals surface area contributed by atoms with Gasteiger partial charge in [-0.2, -0.15) is 0 Å². The number of rotatable bonds is 6. The van der Waals surface area contributed by atoms with Crippen LogP contribution in [0.2, 0.25) is 0 Å². The topological polar surface area (TPSA) is 32.8 Å². The van der Waals surface area contributed by atoms with E-state index in [2.05, 4.69) is 33.9 Å². The average molecular weight is 347 g/mol. The number of thiophene rings is 1. The molecule has 1 aliphatic heterocycles. The van der Waals surface area contributed by atoms with Crippen molar-refractivity contribution in [2.45, 2.75) is 19.4 Å². The first kappa shape index (κ1) is 14.8. The number of methoxy groups -OCH3 is 1. The van der Waals surface area contributed by atoms with Gasteiger partial charge in [0.25, 0.3) is 0 Å². The average Bonchev–Trinajstić information content (AvgIpc) is 2.93. The van der Waals surface area contributed by atoms with Gasteiger partial charge in [0.1, 0.15) is 0 Å². The second kappa shape index (κ2) is 6.72. The van der Waals surface area contributed by atoms with Crippen molar-refractivity contribution in [1.82, 2.24) is 9.80 Å². The lowest BCUT2D eigenvalue weighted by molar-refractivity contribution is -0.127. The van der Waals surface area contributed by atoms with Gasteiger partial charge in [-0.3, -0.25) is 9.69 Å². The van der Waals surface area contributed by atoms with E-state index < -0.39 is 0 Å². The molecular weight excluding hydrogens is 328 g/mol. The van der Waals surface area contributed by atoms with Crippen molar-refractivity contribution >= 4 is 33.2 Å². The minimum absolute atomic E-state index is 0.300. The third kappa shape index (κ3) is 3.94. The molecule has 0 radical (unpaired) electrons. The Bertz CT molecular complexity index is 450. The first-order chi connectivity index (χ1) is 9.10. The van der Waals surface area contributed by atoms with Crippen LogP contribution in [0.3, 0.4) is 0 Å². The summed E-state index contributed by atoms with van der Waals surface area (Å²) < 4.78 is 6.27. The Kier molecular flexibility index (Phi) is 5.24. The summed E-state index contributed by atoms with van der Waals surface area (Å²) in [6.07, 6.45) is 1.73. The highest BCUT2D eigenvalue weighted by Gasteiger charge is 2.20. The van der Waals surface area contributed by atoms with E-state index >= 15 is 0 Å². The van der Waals surface area contributed by atoms with Gasteiger partial charge in [0.05, 0.1) is 11.6 Å². The molecule has 0 N–H and O–H groups in total. The van der Waals surface area contributed by atoms with E-state index in [1.54, 1.807) is 18.4 Å². The van der Waals surface area contributed by atoms with Gasteiger partial charge in [0.15, 0.2) is 5.06 Å². The van der Waals surface area contributed by atoms with Gasteiger partial charge in [0.2, 0.25) is 5.91 Å². The predicted molar refractivity (Wildman–Crippen MR) is 80.7 cm³/mol. The Morgan fingerprint density at radius 3 is 2.95 bits per heavy atom. The summed E-state index contributed by atoms with van der Waals surface area (Å²) in [4.78, 5) is 17.0. The Morgan fingerprint density at radius 2 is 2.37 bits per heavy atom. The summed E-state index contributed by atoms with van der Waals surface area (Å²) in [6.45, 7) is 3.54. The molecule has 0 aromatic carbocycles. The van der Waals surface area contributed by atoms with E-state index in [4.69, 9.17) is 4.74 Å². The van der Waals surface area contributed by atoms with Crippen molar-refractivity contribution in [3.8, 4) is 5.06 Å². The smallest absolute Gasteiger partial charge is 0.222 e. The van der Waals surface area contributed by atoms with Gasteiger partial charge in [0, 0.05) is 37.5 Å². The number of halogens is 1. The molecule has 0 bridgehead atoms. The van der Waals surface area contributed by atoms with Crippen molar-refractivity contribution in [2.75, 3.05) is 33.8 Å². The molecule has 0 atom stereocenters. The number of likely N-dealkylation sites (tertiary alicyclic amines) is 1. The molecule has 4 nitrogen and oxygen atoms in total. The molecule has 1 aliphatic rings. The van der Waals surface area contributed by atoms with Crippen molar-refractivity contribution in [3.05, 3.63) is 15.4 Å². The van der Waals surface area contributed by atoms with Gasteiger partial charge >= 0.3 is 0 Å². The van der Waals surface area contributed by atoms with Gasteiger partial charge in [-0.1, -0.05) is 0 Å². The van der Waals surface area contributed by atoms with Crippen molar-refractivity contribution in [1.29, 1.82) is 0 Å². The monoisotopic (exact) mass is 346 g/mol. The zero-order chi connectivity index (χ0) is 13.8. The highest BCUT2D eigenvalue weighted by molar-refractivity contribution is 9.10. The molecule has 1 aromatic heterocycles. The number of hydrogen-bond donors (Lipinski definition) is 0. The summed E-state index contributed by atoms with van der Waals surface area (Å²) in [5, 5.41) is 0.915. The lowest BCUT2D eigenvalue weighted by atomic mass is 10.4. The maximum Gasteiger partial charge on any atom is 0.222 e. The first-order valence-electron chi connectivity index (χ1n) is 6.38. The largest absolute Gasteiger partial charge is 0.486 e. The van der Waals surface area contributed by atoms with Crippen LogP contribution in [0.5, 0.6) is 5.06 Å². The fourth-order valence-corrected chi connectivity index (χ4v) is 3.96. The van der Waals surface area contributed by atoms with Gasteiger partial charge in [-0.15, -0.1) is 11.3 Å². The summed E-state index contributed by atoms with van der Waals surface area (Å²) in [5.74, 6) is 0.300. The van der Waals surface area contributed by atoms with Crippen LogP contribution >= 0.6 is 27.3 Å². The Balaban J connectivity index is 1.80. The summed E-state index contributed by atoms with van der Waals surface area (Å²) in [7, 11) is 3.77. The molecule has 0 spiro atoms. The third-order valence-electron chi connectivity index (χ3n) is 3.24. The second-order valence-corrected chi connectivity index (χ2v) is 6.73. The van der Waals surface area contributed by atoms with E-state index in [0.717, 1.165) is 48.6 Å². The highest BCUT2D eigenvalue weighted by Crippen LogP contribution is 2.35. The van der Waals surface area contributed by atoms with Crippen molar-refractivity contribution in [2.24, 2.45) is 0 Å². The van der Waals surface area contributed by atoms with Crippen molar-refractivity contribution < 1.29 is 9.53 Å². The Morgan fingerprint density at radius 1 is 1.58 bits per heavy atom. The Labute approximate surface area is 126 Å². The molecule has 1 aromatic rings. The van der Waals surface area contributed by atoms with Crippen LogP contribution in [0.1, 0.15) is 17.7 Å². The normalized spacial score (nSPS) is 15.6. The molecular formula is C13H19BrN2O2S. The summed E-state index contributed by atoms with van der Waals surface area (Å²) in [6, 6.07) is 2.10. The molecule has 0 unspecified atom stereocenters. The van der Waals surface area contributed by atoms with Crippen LogP contribution < -0.4 is 4.74 Å². The van der Waals surface area contributed by atoms with E-state index in [-0.39, 0.29) is 0 Å². The number of amides is 1. The van der Waals surface area contributed by atoms with Crippen molar-refractivity contribution in [3.63, 3.8) is 0 Å². The highest BCUT2D eigenvalue weighted by atomic mass is 79.9. The second-order valence-electron chi connectivity index (χ2n) is 4.77. The summed E-state index contributed by atoms with van der Waals surface area (Å²) in [5.41, 5.74) is 0. The molecule has 0 aliphatic carbocycles.